The predicted octanol–water partition coefficient (Wildman–Crippen LogP) is 0.276. The topological polar surface area (TPSA) is 98.7 Å². The number of rotatable bonds is 15. The van der Waals surface area contributed by atoms with Crippen LogP contribution in [0, 0.1) is 5.41 Å². The molecule has 0 spiro atoms. The lowest BCUT2D eigenvalue weighted by Crippen LogP contribution is -2.49. The smallest absolute Gasteiger partial charge is 0.0597 e. The summed E-state index contributed by atoms with van der Waals surface area (Å²) in [5.74, 6) is -2.44. The van der Waals surface area contributed by atoms with Gasteiger partial charge in [0, 0.05) is 19.2 Å². The monoisotopic (exact) mass is 316 g/mol. The molecule has 0 aliphatic carbocycles. The van der Waals surface area contributed by atoms with Crippen molar-refractivity contribution in [2.75, 3.05) is 26.4 Å². The minimum absolute atomic E-state index is 0.0193. The Kier molecular flexibility index (Phi) is 11.8. The van der Waals surface area contributed by atoms with E-state index in [-0.39, 0.29) is 32.5 Å². The van der Waals surface area contributed by atoms with Crippen molar-refractivity contribution >= 4 is 11.9 Å². The summed E-state index contributed by atoms with van der Waals surface area (Å²) in [4.78, 5) is 22.1. The van der Waals surface area contributed by atoms with Gasteiger partial charge in [0.15, 0.2) is 0 Å². The highest BCUT2D eigenvalue weighted by molar-refractivity contribution is 5.73. The second-order valence-electron chi connectivity index (χ2n) is 5.61. The Morgan fingerprint density at radius 1 is 0.909 bits per heavy atom. The van der Waals surface area contributed by atoms with Crippen LogP contribution in [0.25, 0.3) is 0 Å². The van der Waals surface area contributed by atoms with E-state index in [1.165, 1.54) is 0 Å². The van der Waals surface area contributed by atoms with Crippen molar-refractivity contribution in [2.45, 2.75) is 58.8 Å². The fourth-order valence-electron chi connectivity index (χ4n) is 2.00. The van der Waals surface area contributed by atoms with Crippen LogP contribution in [0.3, 0.4) is 0 Å². The average Bonchev–Trinajstić information content (AvgIpc) is 2.46. The summed E-state index contributed by atoms with van der Waals surface area (Å²) in [6.07, 6.45) is 3.76. The summed E-state index contributed by atoms with van der Waals surface area (Å²) < 4.78 is 10.9. The SMILES string of the molecule is CCCCOCC(CCCC(=O)[O-])(COCCCC)C(=O)[O-]. The molecule has 0 saturated carbocycles. The molecule has 0 rings (SSSR count). The normalized spacial score (nSPS) is 11.5. The summed E-state index contributed by atoms with van der Waals surface area (Å²) in [6.45, 7) is 4.94. The van der Waals surface area contributed by atoms with Crippen LogP contribution in [0.4, 0.5) is 0 Å². The molecule has 0 aromatic rings. The van der Waals surface area contributed by atoms with E-state index in [4.69, 9.17) is 9.47 Å². The van der Waals surface area contributed by atoms with Gasteiger partial charge in [-0.25, -0.2) is 0 Å². The second kappa shape index (κ2) is 12.4. The molecule has 0 aliphatic rings. The average molecular weight is 316 g/mol. The maximum atomic E-state index is 11.6. The second-order valence-corrected chi connectivity index (χ2v) is 5.61. The third kappa shape index (κ3) is 9.00. The highest BCUT2D eigenvalue weighted by Gasteiger charge is 2.32. The zero-order valence-corrected chi connectivity index (χ0v) is 13.7. The molecule has 0 aromatic carbocycles. The number of carboxylic acid groups (broad SMARTS) is 2. The van der Waals surface area contributed by atoms with E-state index in [0.29, 0.717) is 13.2 Å². The number of hydrogen-bond acceptors (Lipinski definition) is 6. The molecule has 0 amide bonds. The number of unbranched alkanes of at least 4 members (excludes halogenated alkanes) is 2. The molecule has 0 atom stereocenters. The van der Waals surface area contributed by atoms with Crippen LogP contribution < -0.4 is 10.2 Å². The van der Waals surface area contributed by atoms with Gasteiger partial charge >= 0.3 is 0 Å². The molecule has 6 heteroatoms. The quantitative estimate of drug-likeness (QED) is 0.402. The van der Waals surface area contributed by atoms with E-state index < -0.39 is 17.4 Å². The fourth-order valence-corrected chi connectivity index (χ4v) is 2.00. The summed E-state index contributed by atoms with van der Waals surface area (Å²) in [6, 6.07) is 0. The summed E-state index contributed by atoms with van der Waals surface area (Å²) in [7, 11) is 0. The minimum atomic E-state index is -1.29. The largest absolute Gasteiger partial charge is 0.550 e. The Morgan fingerprint density at radius 3 is 1.77 bits per heavy atom. The highest BCUT2D eigenvalue weighted by atomic mass is 16.5. The van der Waals surface area contributed by atoms with Gasteiger partial charge in [-0.15, -0.1) is 0 Å². The lowest BCUT2D eigenvalue weighted by molar-refractivity contribution is -0.325. The van der Waals surface area contributed by atoms with Gasteiger partial charge in [-0.05, 0) is 32.1 Å². The zero-order valence-electron chi connectivity index (χ0n) is 13.7. The van der Waals surface area contributed by atoms with Crippen LogP contribution in [0.5, 0.6) is 0 Å². The molecule has 130 valence electrons. The lowest BCUT2D eigenvalue weighted by atomic mass is 9.84. The summed E-state index contributed by atoms with van der Waals surface area (Å²) in [5, 5.41) is 22.1. The van der Waals surface area contributed by atoms with Crippen molar-refractivity contribution in [1.82, 2.24) is 0 Å². The molecule has 0 aromatic heterocycles. The van der Waals surface area contributed by atoms with Crippen molar-refractivity contribution < 1.29 is 29.3 Å². The first-order chi connectivity index (χ1) is 10.5. The number of ether oxygens (including phenoxy) is 2. The molecule has 0 bridgehead atoms. The Morgan fingerprint density at radius 2 is 1.41 bits per heavy atom. The first-order valence-corrected chi connectivity index (χ1v) is 8.05. The van der Waals surface area contributed by atoms with Gasteiger partial charge < -0.3 is 29.3 Å². The number of carbonyl (C=O) groups excluding carboxylic acids is 2. The van der Waals surface area contributed by atoms with Gasteiger partial charge in [-0.3, -0.25) is 0 Å². The Bertz CT molecular complexity index is 304. The maximum Gasteiger partial charge on any atom is 0.0597 e. The molecule has 0 fully saturated rings. The molecular formula is C16H28O6-2. The van der Waals surface area contributed by atoms with E-state index in [0.717, 1.165) is 25.7 Å². The van der Waals surface area contributed by atoms with Crippen molar-refractivity contribution in [1.29, 1.82) is 0 Å². The lowest BCUT2D eigenvalue weighted by Gasteiger charge is -2.34. The van der Waals surface area contributed by atoms with E-state index in [1.54, 1.807) is 0 Å². The van der Waals surface area contributed by atoms with Gasteiger partial charge in [-0.1, -0.05) is 26.7 Å². The molecule has 0 unspecified atom stereocenters. The van der Waals surface area contributed by atoms with E-state index in [2.05, 4.69) is 0 Å². The predicted molar refractivity (Wildman–Crippen MR) is 77.8 cm³/mol. The number of carboxylic acids is 2. The molecule has 0 saturated heterocycles. The van der Waals surface area contributed by atoms with Gasteiger partial charge in [0.05, 0.1) is 24.6 Å². The summed E-state index contributed by atoms with van der Waals surface area (Å²) >= 11 is 0. The minimum Gasteiger partial charge on any atom is -0.550 e. The van der Waals surface area contributed by atoms with Crippen LogP contribution in [-0.4, -0.2) is 38.4 Å². The molecular weight excluding hydrogens is 288 g/mol. The van der Waals surface area contributed by atoms with Crippen molar-refractivity contribution in [3.63, 3.8) is 0 Å². The van der Waals surface area contributed by atoms with Crippen molar-refractivity contribution in [3.05, 3.63) is 0 Å². The number of carbonyl (C=O) groups is 2. The molecule has 6 nitrogen and oxygen atoms in total. The van der Waals surface area contributed by atoms with Gasteiger partial charge in [0.1, 0.15) is 0 Å². The van der Waals surface area contributed by atoms with Crippen LogP contribution in [0.2, 0.25) is 0 Å². The maximum absolute atomic E-state index is 11.6. The first kappa shape index (κ1) is 20.9. The number of aliphatic carboxylic acids is 2. The van der Waals surface area contributed by atoms with Crippen LogP contribution in [0.1, 0.15) is 58.8 Å². The molecule has 0 heterocycles. The highest BCUT2D eigenvalue weighted by Crippen LogP contribution is 2.26. The standard InChI is InChI=1S/C16H30O6/c1-3-5-10-21-12-16(15(19)20,9-7-8-14(17)18)13-22-11-6-4-2/h3-13H2,1-2H3,(H,17,18)(H,19,20)/p-2. The Balaban J connectivity index is 4.61. The Hall–Kier alpha value is -1.14. The third-order valence-electron chi connectivity index (χ3n) is 3.51. The van der Waals surface area contributed by atoms with Crippen LogP contribution in [-0.2, 0) is 19.1 Å². The molecule has 0 aliphatic heterocycles. The Labute approximate surface area is 132 Å². The molecule has 0 N–H and O–H groups in total. The van der Waals surface area contributed by atoms with Gasteiger partial charge in [-0.2, -0.15) is 0 Å². The van der Waals surface area contributed by atoms with Crippen LogP contribution in [0.15, 0.2) is 0 Å². The summed E-state index contributed by atoms with van der Waals surface area (Å²) in [5.41, 5.74) is -1.29. The van der Waals surface area contributed by atoms with E-state index in [1.807, 2.05) is 13.8 Å². The van der Waals surface area contributed by atoms with Gasteiger partial charge in [0.25, 0.3) is 0 Å². The van der Waals surface area contributed by atoms with Gasteiger partial charge in [0.2, 0.25) is 0 Å². The van der Waals surface area contributed by atoms with Crippen molar-refractivity contribution in [3.8, 4) is 0 Å². The first-order valence-electron chi connectivity index (χ1n) is 8.05. The molecule has 0 radical (unpaired) electrons. The zero-order chi connectivity index (χ0) is 16.8. The number of hydrogen-bond donors (Lipinski definition) is 0. The fraction of sp³-hybridized carbons (Fsp3) is 0.875. The molecule has 22 heavy (non-hydrogen) atoms. The van der Waals surface area contributed by atoms with Crippen LogP contribution >= 0.6 is 0 Å². The van der Waals surface area contributed by atoms with E-state index >= 15 is 0 Å². The third-order valence-corrected chi connectivity index (χ3v) is 3.51. The van der Waals surface area contributed by atoms with E-state index in [9.17, 15) is 19.8 Å². The van der Waals surface area contributed by atoms with Crippen molar-refractivity contribution in [2.24, 2.45) is 5.41 Å².